The first-order valence-corrected chi connectivity index (χ1v) is 15.1. The minimum absolute atomic E-state index is 0.0457. The second kappa shape index (κ2) is 9.98. The number of hydrogen-bond acceptors (Lipinski definition) is 7. The fourth-order valence-electron chi connectivity index (χ4n) is 6.14. The first-order valence-electron chi connectivity index (χ1n) is 13.6. The van der Waals surface area contributed by atoms with E-state index < -0.39 is 33.1 Å². The van der Waals surface area contributed by atoms with Gasteiger partial charge in [-0.15, -0.1) is 0 Å². The fourth-order valence-corrected chi connectivity index (χ4v) is 7.44. The summed E-state index contributed by atoms with van der Waals surface area (Å²) in [5.41, 5.74) is 6.99. The molecule has 3 aliphatic rings. The quantitative estimate of drug-likeness (QED) is 0.365. The Bertz CT molecular complexity index is 1710. The van der Waals surface area contributed by atoms with E-state index in [1.165, 1.54) is 18.3 Å². The van der Waals surface area contributed by atoms with Crippen LogP contribution in [0.4, 0.5) is 5.82 Å². The number of carbonyl (C=O) groups excluding carboxylic acids is 4. The van der Waals surface area contributed by atoms with Gasteiger partial charge >= 0.3 is 0 Å². The van der Waals surface area contributed by atoms with E-state index in [0.29, 0.717) is 29.6 Å². The highest BCUT2D eigenvalue weighted by atomic mass is 32.2. The van der Waals surface area contributed by atoms with Gasteiger partial charge < -0.3 is 20.5 Å². The summed E-state index contributed by atoms with van der Waals surface area (Å²) in [5.74, 6) is -1.65. The molecule has 3 atom stereocenters. The van der Waals surface area contributed by atoms with Gasteiger partial charge in [-0.05, 0) is 75.3 Å². The third-order valence-electron chi connectivity index (χ3n) is 8.19. The molecule has 12 nitrogen and oxygen atoms in total. The fraction of sp³-hybridized carbons (Fsp3) is 0.393. The van der Waals surface area contributed by atoms with Crippen LogP contribution in [-0.4, -0.2) is 63.8 Å². The van der Waals surface area contributed by atoms with Crippen LogP contribution in [-0.2, 0) is 26.2 Å². The highest BCUT2D eigenvalue weighted by molar-refractivity contribution is 7.91. The number of hydrogen-bond donors (Lipinski definition) is 3. The minimum atomic E-state index is -3.76. The highest BCUT2D eigenvalue weighted by Gasteiger charge is 2.51. The van der Waals surface area contributed by atoms with Gasteiger partial charge in [0.2, 0.25) is 21.8 Å². The molecule has 41 heavy (non-hydrogen) atoms. The lowest BCUT2D eigenvalue weighted by Crippen LogP contribution is -2.51. The Kier molecular flexibility index (Phi) is 6.56. The van der Waals surface area contributed by atoms with Crippen molar-refractivity contribution in [2.75, 3.05) is 5.32 Å². The third kappa shape index (κ3) is 5.05. The van der Waals surface area contributed by atoms with E-state index in [2.05, 4.69) is 15.0 Å². The number of fused-ring (bicyclic) bond motifs is 3. The summed E-state index contributed by atoms with van der Waals surface area (Å²) in [4.78, 5) is 58.0. The highest BCUT2D eigenvalue weighted by Crippen LogP contribution is 2.43. The maximum absolute atomic E-state index is 13.7. The van der Waals surface area contributed by atoms with Crippen LogP contribution < -0.4 is 15.8 Å². The summed E-state index contributed by atoms with van der Waals surface area (Å²) >= 11 is 0. The van der Waals surface area contributed by atoms with Crippen LogP contribution in [0.15, 0.2) is 42.6 Å². The van der Waals surface area contributed by atoms with Crippen LogP contribution in [0.5, 0.6) is 0 Å². The molecular weight excluding hydrogens is 548 g/mol. The Morgan fingerprint density at radius 2 is 1.85 bits per heavy atom. The minimum Gasteiger partial charge on any atom is -0.366 e. The van der Waals surface area contributed by atoms with E-state index in [1.807, 2.05) is 13.0 Å². The van der Waals surface area contributed by atoms with Crippen molar-refractivity contribution in [3.05, 3.63) is 59.4 Å². The molecule has 13 heteroatoms. The van der Waals surface area contributed by atoms with E-state index in [1.54, 1.807) is 27.7 Å². The smallest absolute Gasteiger partial charge is 0.264 e. The van der Waals surface area contributed by atoms with E-state index in [0.717, 1.165) is 25.0 Å². The number of nitrogens with zero attached hydrogens (tertiary/aromatic N) is 3. The number of likely N-dealkylation sites (tertiary alicyclic amines) is 1. The normalized spacial score (nSPS) is 21.7. The van der Waals surface area contributed by atoms with Crippen LogP contribution in [0.1, 0.15) is 58.5 Å². The van der Waals surface area contributed by atoms with Crippen molar-refractivity contribution in [1.29, 1.82) is 0 Å². The topological polar surface area (TPSA) is 174 Å². The van der Waals surface area contributed by atoms with Gasteiger partial charge in [-0.3, -0.25) is 19.2 Å². The third-order valence-corrected chi connectivity index (χ3v) is 10.0. The van der Waals surface area contributed by atoms with Crippen molar-refractivity contribution in [3.8, 4) is 0 Å². The predicted octanol–water partition coefficient (Wildman–Crippen LogP) is 1.68. The number of amides is 4. The van der Waals surface area contributed by atoms with E-state index in [4.69, 9.17) is 5.73 Å². The lowest BCUT2D eigenvalue weighted by molar-refractivity contribution is -0.141. The lowest BCUT2D eigenvalue weighted by Gasteiger charge is -2.34. The van der Waals surface area contributed by atoms with Gasteiger partial charge in [0.25, 0.3) is 11.8 Å². The zero-order valence-corrected chi connectivity index (χ0v) is 23.2. The number of benzene rings is 1. The van der Waals surface area contributed by atoms with Crippen LogP contribution in [0.2, 0.25) is 0 Å². The van der Waals surface area contributed by atoms with Gasteiger partial charge in [0.15, 0.2) is 0 Å². The first-order chi connectivity index (χ1) is 19.5. The van der Waals surface area contributed by atoms with Gasteiger partial charge in [-0.1, -0.05) is 6.07 Å². The Hall–Kier alpha value is -4.26. The zero-order valence-electron chi connectivity index (χ0n) is 22.4. The number of nitrogens with two attached hydrogens (primary N) is 1. The molecule has 1 aliphatic heterocycles. The van der Waals surface area contributed by atoms with Crippen molar-refractivity contribution in [2.24, 2.45) is 11.7 Å². The van der Waals surface area contributed by atoms with Crippen molar-refractivity contribution in [1.82, 2.24) is 19.2 Å². The molecule has 2 aromatic heterocycles. The van der Waals surface area contributed by atoms with Crippen molar-refractivity contribution >= 4 is 50.4 Å². The maximum Gasteiger partial charge on any atom is 0.264 e. The number of anilines is 1. The van der Waals surface area contributed by atoms with Gasteiger partial charge in [0.1, 0.15) is 18.4 Å². The molecule has 3 heterocycles. The number of aromatic nitrogens is 2. The van der Waals surface area contributed by atoms with Gasteiger partial charge in [-0.25, -0.2) is 18.1 Å². The number of piperidine rings is 1. The van der Waals surface area contributed by atoms with E-state index >= 15 is 0 Å². The van der Waals surface area contributed by atoms with Crippen molar-refractivity contribution in [3.63, 3.8) is 0 Å². The molecule has 214 valence electrons. The number of pyridine rings is 1. The molecular formula is C28H30N6O6S. The summed E-state index contributed by atoms with van der Waals surface area (Å²) in [5, 5.41) is 2.62. The van der Waals surface area contributed by atoms with Crippen LogP contribution in [0.3, 0.4) is 0 Å². The standard InChI is InChI=1S/C28H30N6O6S/c1-15-3-2-4-23(30-15)31-28(38)25-16-5-7-18(11-16)34(25)24(35)14-33-13-21(26(29)36)20-12-17(6-10-22(20)33)27(37)32-41(39,40)19-8-9-19/h2-4,6,10,12-13,16,18-19,25H,5,7-9,11,14H2,1H3,(H2,29,36)(H,32,37)(H,30,31,38). The molecule has 2 bridgehead atoms. The molecule has 0 spiro atoms. The SMILES string of the molecule is Cc1cccc(NC(=O)C2C3CCC(C3)N2C(=O)Cn2cc(C(N)=O)c3cc(C(=O)NS(=O)(=O)C4CC4)ccc32)n1. The summed E-state index contributed by atoms with van der Waals surface area (Å²) in [7, 11) is -3.76. The van der Waals surface area contributed by atoms with Crippen LogP contribution in [0, 0.1) is 12.8 Å². The van der Waals surface area contributed by atoms with E-state index in [9.17, 15) is 27.6 Å². The number of nitrogens with one attached hydrogen (secondary N) is 2. The molecule has 0 radical (unpaired) electrons. The Morgan fingerprint density at radius 3 is 2.56 bits per heavy atom. The Labute approximate surface area is 236 Å². The number of primary amides is 1. The Balaban J connectivity index is 1.25. The Morgan fingerprint density at radius 1 is 1.07 bits per heavy atom. The molecule has 2 aliphatic carbocycles. The number of carbonyl (C=O) groups is 4. The molecule has 4 amide bonds. The summed E-state index contributed by atoms with van der Waals surface area (Å²) in [6.45, 7) is 1.68. The maximum atomic E-state index is 13.7. The summed E-state index contributed by atoms with van der Waals surface area (Å²) in [6, 6.07) is 9.03. The van der Waals surface area contributed by atoms with Gasteiger partial charge in [0.05, 0.1) is 10.8 Å². The number of rotatable bonds is 8. The second-order valence-electron chi connectivity index (χ2n) is 11.1. The summed E-state index contributed by atoms with van der Waals surface area (Å²) in [6.07, 6.45) is 4.87. The first kappa shape index (κ1) is 26.9. The zero-order chi connectivity index (χ0) is 29.1. The molecule has 2 saturated carbocycles. The lowest BCUT2D eigenvalue weighted by atomic mass is 9.97. The molecule has 3 fully saturated rings. The largest absolute Gasteiger partial charge is 0.366 e. The number of sulfonamides is 1. The average Bonchev–Trinajstić information content (AvgIpc) is 3.45. The molecule has 3 unspecified atom stereocenters. The van der Waals surface area contributed by atoms with Crippen molar-refractivity contribution < 1.29 is 27.6 Å². The second-order valence-corrected chi connectivity index (χ2v) is 13.0. The molecule has 3 aromatic rings. The van der Waals surface area contributed by atoms with Gasteiger partial charge in [0, 0.05) is 34.4 Å². The predicted molar refractivity (Wildman–Crippen MR) is 149 cm³/mol. The monoisotopic (exact) mass is 578 g/mol. The molecule has 1 saturated heterocycles. The molecule has 1 aromatic carbocycles. The summed E-state index contributed by atoms with van der Waals surface area (Å²) < 4.78 is 28.1. The average molecular weight is 579 g/mol. The van der Waals surface area contributed by atoms with Crippen LogP contribution in [0.25, 0.3) is 10.9 Å². The molecule has 6 rings (SSSR count). The van der Waals surface area contributed by atoms with Crippen molar-refractivity contribution in [2.45, 2.75) is 62.9 Å². The number of aryl methyl sites for hydroxylation is 1. The van der Waals surface area contributed by atoms with E-state index in [-0.39, 0.29) is 41.4 Å². The molecule has 4 N–H and O–H groups in total. The van der Waals surface area contributed by atoms with Gasteiger partial charge in [-0.2, -0.15) is 0 Å². The van der Waals surface area contributed by atoms with Crippen LogP contribution >= 0.6 is 0 Å².